The van der Waals surface area contributed by atoms with Gasteiger partial charge in [-0.3, -0.25) is 24.9 Å². The molecule has 14 aromatic carbocycles. The molecule has 137 heavy (non-hydrogen) atoms. The molecule has 0 N–H and O–H groups in total. The number of hydrogen-bond donors (Lipinski definition) is 0. The largest absolute Gasteiger partial charge is 3.00 e. The normalized spacial score (nSPS) is 12.8. The van der Waals surface area contributed by atoms with E-state index in [1.807, 2.05) is 235 Å². The minimum atomic E-state index is 0. The van der Waals surface area contributed by atoms with Crippen molar-refractivity contribution in [3.63, 3.8) is 0 Å². The third kappa shape index (κ3) is 19.6. The molecule has 23 rings (SSSR count). The van der Waals surface area contributed by atoms with Crippen molar-refractivity contribution in [2.45, 2.75) is 119 Å². The van der Waals surface area contributed by atoms with E-state index >= 15 is 0 Å². The van der Waals surface area contributed by atoms with Gasteiger partial charge in [-0.2, -0.15) is 111 Å². The average Bonchev–Trinajstić information content (AvgIpc) is 1.53. The Morgan fingerprint density at radius 1 is 0.277 bits per heavy atom. The van der Waals surface area contributed by atoms with Gasteiger partial charge in [0.05, 0.1) is 5.52 Å². The van der Waals surface area contributed by atoms with Gasteiger partial charge in [-0.25, -0.2) is 9.97 Å². The molecule has 0 unspecified atom stereocenters. The van der Waals surface area contributed by atoms with Gasteiger partial charge in [0, 0.05) is 127 Å². The first kappa shape index (κ1) is 98.4. The Balaban J connectivity index is 0.000000131. The summed E-state index contributed by atoms with van der Waals surface area (Å²) in [6.45, 7) is 33.1. The van der Waals surface area contributed by atoms with E-state index in [1.54, 1.807) is 6.33 Å². The molecular formula is C118H111Ir3N16. The fourth-order valence-electron chi connectivity index (χ4n) is 18.7. The number of pyridine rings is 2. The molecule has 690 valence electrons. The second-order valence-corrected chi connectivity index (χ2v) is 36.4. The molecule has 0 aliphatic carbocycles. The molecule has 0 spiro atoms. The van der Waals surface area contributed by atoms with Gasteiger partial charge >= 0.3 is 60.3 Å². The van der Waals surface area contributed by atoms with Gasteiger partial charge in [0.15, 0.2) is 0 Å². The Labute approximate surface area is 845 Å². The summed E-state index contributed by atoms with van der Waals surface area (Å²) in [5, 5.41) is 13.1. The van der Waals surface area contributed by atoms with Crippen LogP contribution in [-0.2, 0) is 81.5 Å². The summed E-state index contributed by atoms with van der Waals surface area (Å²) in [5.74, 6) is 5.44. The quantitative estimate of drug-likeness (QED) is 0.0655. The topological polar surface area (TPSA) is 124 Å². The molecule has 0 saturated carbocycles. The molecule has 20 aromatic rings. The molecular weight excluding hydrogens is 2220 g/mol. The predicted molar refractivity (Wildman–Crippen MR) is 558 cm³/mol. The van der Waals surface area contributed by atoms with Gasteiger partial charge in [-0.15, -0.1) is 106 Å². The minimum Gasteiger partial charge on any atom is -0.510 e. The van der Waals surface area contributed by atoms with Crippen LogP contribution in [0.2, 0.25) is 0 Å². The third-order valence-electron chi connectivity index (χ3n) is 25.3. The van der Waals surface area contributed by atoms with E-state index in [9.17, 15) is 0 Å². The third-order valence-corrected chi connectivity index (χ3v) is 25.3. The van der Waals surface area contributed by atoms with Crippen molar-refractivity contribution in [1.29, 1.82) is 0 Å². The number of imidazole rings is 3. The van der Waals surface area contributed by atoms with Crippen molar-refractivity contribution in [3.05, 3.63) is 382 Å². The van der Waals surface area contributed by atoms with E-state index in [4.69, 9.17) is 24.9 Å². The van der Waals surface area contributed by atoms with Gasteiger partial charge in [0.25, 0.3) is 0 Å². The minimum absolute atomic E-state index is 0. The first-order chi connectivity index (χ1) is 65.0. The Bertz CT molecular complexity index is 7560. The van der Waals surface area contributed by atoms with E-state index in [0.717, 1.165) is 149 Å². The van der Waals surface area contributed by atoms with Crippen LogP contribution in [0.5, 0.6) is 0 Å². The molecule has 6 aromatic heterocycles. The monoisotopic (exact) mass is 2330 g/mol. The number of nitrogens with zero attached hydrogens (tertiary/aromatic N) is 16. The number of anilines is 3. The molecule has 0 amide bonds. The average molecular weight is 2330 g/mol. The van der Waals surface area contributed by atoms with Gasteiger partial charge < -0.3 is 43.1 Å². The van der Waals surface area contributed by atoms with Crippen molar-refractivity contribution in [1.82, 2.24) is 63.3 Å². The molecule has 19 heteroatoms. The van der Waals surface area contributed by atoms with Crippen LogP contribution in [0.1, 0.15) is 152 Å². The van der Waals surface area contributed by atoms with Crippen LogP contribution in [0.25, 0.3) is 154 Å². The van der Waals surface area contributed by atoms with E-state index in [0.29, 0.717) is 35.5 Å². The maximum Gasteiger partial charge on any atom is 3.00 e. The molecule has 0 atom stereocenters. The van der Waals surface area contributed by atoms with E-state index in [2.05, 4.69) is 286 Å². The Morgan fingerprint density at radius 2 is 0.620 bits per heavy atom. The molecule has 3 aliphatic heterocycles. The molecule has 16 nitrogen and oxygen atoms in total. The van der Waals surface area contributed by atoms with Crippen molar-refractivity contribution >= 4 is 137 Å². The zero-order chi connectivity index (χ0) is 93.3. The summed E-state index contributed by atoms with van der Waals surface area (Å²) in [4.78, 5) is 47.0. The van der Waals surface area contributed by atoms with Crippen LogP contribution < -0.4 is 14.7 Å². The number of hydrogen-bond acceptors (Lipinski definition) is 13. The van der Waals surface area contributed by atoms with Crippen LogP contribution >= 0.6 is 0 Å². The first-order valence-corrected chi connectivity index (χ1v) is 46.2. The van der Waals surface area contributed by atoms with Crippen LogP contribution in [0.4, 0.5) is 17.1 Å². The number of para-hydroxylation sites is 4. The maximum absolute atomic E-state index is 5.36. The molecule has 9 heterocycles. The molecule has 0 saturated heterocycles. The fourth-order valence-corrected chi connectivity index (χ4v) is 18.7. The fraction of sp³-hybridized carbons (Fsp3) is 0.203. The van der Waals surface area contributed by atoms with Crippen molar-refractivity contribution < 1.29 is 60.3 Å². The van der Waals surface area contributed by atoms with Crippen molar-refractivity contribution in [3.8, 4) is 34.2 Å². The van der Waals surface area contributed by atoms with Crippen LogP contribution in [-0.4, -0.2) is 84.4 Å². The summed E-state index contributed by atoms with van der Waals surface area (Å²) < 4.78 is 6.79. The SMILES string of the molecule is CC(C)c1cccc(C(C)C)c1-c1nc2c3[c-]cccc3c3nc4ccccc4cc3c2n1C.CC(C)c1cccc(C(C)C)c1-c1nc2c3[c-]cccc3c3ncc4ccccc4c3c2n1C.CC(C)c1cccc(C(C)C)c1-c1nc2c3[c-]cccc3c3ncncc3c2n1C.CN1C=CN(c2[c-]cccc2)[CH-]1.CN1C=CN(c2[c-]cccc2)[CH-]1.CN1C=CN(c2[c-]cccc2)[CH-]1.[Ir+3].[Ir+3].[Ir+3]. The van der Waals surface area contributed by atoms with Gasteiger partial charge in [0.1, 0.15) is 23.8 Å². The number of aryl methyl sites for hydroxylation is 3. The summed E-state index contributed by atoms with van der Waals surface area (Å²) in [7, 11) is 12.4. The summed E-state index contributed by atoms with van der Waals surface area (Å²) >= 11 is 0. The standard InChI is InChI=1S/2C31H28N3.C26H25N4.3C10H10N2.3Ir/c1-18(2)21-14-10-15-22(19(3)4)27(21)31-33-29-24-13-8-7-12-23(24)28-25(30(29)34(31)5)17-20-11-6-9-16-26(20)32-28;1-18(2)21-15-10-16-22(19(3)4)26(21)31-33-29-25-14-9-8-13-24(25)28-27(30(29)34(31)5)23-12-7-6-11-20(23)17-32-28;1-15(2)17-11-8-12-18(16(3)4)22(17)26-29-24-20-10-7-6-9-19(20)23-21(13-27-14-28-23)25(24)30(26)5;3*1-11-7-8-12(9-11)10-5-3-2-4-6-10;;;/h6-12,14-19H,1-5H3;6-13,15-19H,1-5H3;6-9,11-16H,1-5H3;3*2-5,7-9H,1H3;;;/q3*-1;3*-2;3*+3. The van der Waals surface area contributed by atoms with Crippen LogP contribution in [0.15, 0.2) is 293 Å². The maximum atomic E-state index is 5.36. The van der Waals surface area contributed by atoms with Crippen molar-refractivity contribution in [2.24, 2.45) is 21.1 Å². The zero-order valence-corrected chi connectivity index (χ0v) is 87.7. The molecule has 0 radical (unpaired) electrons. The van der Waals surface area contributed by atoms with Gasteiger partial charge in [-0.05, 0) is 145 Å². The van der Waals surface area contributed by atoms with E-state index < -0.39 is 0 Å². The number of benzene rings is 14. The summed E-state index contributed by atoms with van der Waals surface area (Å²) in [6, 6.07) is 101. The van der Waals surface area contributed by atoms with Crippen LogP contribution in [0, 0.1) is 56.4 Å². The smallest absolute Gasteiger partial charge is 0.510 e. The second kappa shape index (κ2) is 42.7. The van der Waals surface area contributed by atoms with Crippen LogP contribution in [0.3, 0.4) is 0 Å². The Morgan fingerprint density at radius 3 is 1.01 bits per heavy atom. The number of aromatic nitrogens is 10. The molecule has 3 aliphatic rings. The second-order valence-electron chi connectivity index (χ2n) is 36.4. The summed E-state index contributed by atoms with van der Waals surface area (Å²) in [5.41, 5.74) is 25.2. The summed E-state index contributed by atoms with van der Waals surface area (Å²) in [6.07, 6.45) is 17.5. The van der Waals surface area contributed by atoms with Crippen molar-refractivity contribution in [2.75, 3.05) is 35.8 Å². The van der Waals surface area contributed by atoms with Gasteiger partial charge in [-0.1, -0.05) is 196 Å². The zero-order valence-electron chi connectivity index (χ0n) is 80.6. The Hall–Kier alpha value is -13.1. The number of rotatable bonds is 12. The molecule has 0 fully saturated rings. The predicted octanol–water partition coefficient (Wildman–Crippen LogP) is 28.1. The van der Waals surface area contributed by atoms with Gasteiger partial charge in [0.2, 0.25) is 0 Å². The molecule has 0 bridgehead atoms. The Kier molecular flexibility index (Phi) is 30.7. The van der Waals surface area contributed by atoms with E-state index in [1.165, 1.54) is 55.5 Å². The van der Waals surface area contributed by atoms with E-state index in [-0.39, 0.29) is 60.3 Å². The number of fused-ring (bicyclic) bond motifs is 21. The first-order valence-electron chi connectivity index (χ1n) is 46.2.